The van der Waals surface area contributed by atoms with E-state index in [0.29, 0.717) is 5.56 Å². The molecule has 27 heavy (non-hydrogen) atoms. The van der Waals surface area contributed by atoms with Crippen molar-refractivity contribution in [2.24, 2.45) is 5.92 Å². The molecular formula is C19H18Cl2FNO4. The predicted molar refractivity (Wildman–Crippen MR) is 102 cm³/mol. The van der Waals surface area contributed by atoms with Crippen LogP contribution in [0.5, 0.6) is 5.75 Å². The molecule has 0 aliphatic carbocycles. The Bertz CT molecular complexity index is 848. The third-order valence-electron chi connectivity index (χ3n) is 3.65. The Morgan fingerprint density at radius 2 is 1.85 bits per heavy atom. The normalized spacial score (nSPS) is 10.7. The maximum atomic E-state index is 14.6. The summed E-state index contributed by atoms with van der Waals surface area (Å²) in [4.78, 5) is 22.6. The fourth-order valence-corrected chi connectivity index (χ4v) is 2.88. The number of hydrogen-bond acceptors (Lipinski definition) is 3. The van der Waals surface area contributed by atoms with E-state index in [1.54, 1.807) is 19.9 Å². The highest BCUT2D eigenvalue weighted by atomic mass is 35.5. The standard InChI is InChI=1S/C19H18Cl2FNO4/c1-10(2)19(26)23-15-5-3-4-12(17(15)22)9-27-18-13(20)6-11(7-14(18)21)8-16(24)25/h3-7,10H,8-9H2,1-2H3,(H,23,26)(H,24,25). The van der Waals surface area contributed by atoms with Crippen molar-refractivity contribution in [3.05, 3.63) is 57.3 Å². The minimum Gasteiger partial charge on any atom is -0.486 e. The maximum absolute atomic E-state index is 14.6. The molecule has 0 spiro atoms. The van der Waals surface area contributed by atoms with Crippen molar-refractivity contribution < 1.29 is 23.8 Å². The second kappa shape index (κ2) is 9.06. The summed E-state index contributed by atoms with van der Waals surface area (Å²) in [6, 6.07) is 7.44. The number of ether oxygens (including phenoxy) is 1. The summed E-state index contributed by atoms with van der Waals surface area (Å²) in [6.45, 7) is 3.24. The molecule has 0 aromatic heterocycles. The third-order valence-corrected chi connectivity index (χ3v) is 4.21. The Balaban J connectivity index is 2.17. The number of benzene rings is 2. The van der Waals surface area contributed by atoms with Crippen LogP contribution in [0.4, 0.5) is 10.1 Å². The first kappa shape index (κ1) is 21.0. The number of hydrogen-bond donors (Lipinski definition) is 2. The van der Waals surface area contributed by atoms with Crippen molar-refractivity contribution in [1.82, 2.24) is 0 Å². The molecule has 2 aromatic rings. The van der Waals surface area contributed by atoms with Crippen LogP contribution in [0.2, 0.25) is 10.0 Å². The molecule has 0 atom stereocenters. The molecule has 0 bridgehead atoms. The lowest BCUT2D eigenvalue weighted by atomic mass is 10.1. The molecule has 0 radical (unpaired) electrons. The van der Waals surface area contributed by atoms with E-state index in [9.17, 15) is 14.0 Å². The smallest absolute Gasteiger partial charge is 0.307 e. The lowest BCUT2D eigenvalue weighted by Gasteiger charge is -2.14. The van der Waals surface area contributed by atoms with Crippen LogP contribution in [0.25, 0.3) is 0 Å². The molecule has 0 aliphatic heterocycles. The minimum atomic E-state index is -1.02. The Morgan fingerprint density at radius 3 is 2.41 bits per heavy atom. The van der Waals surface area contributed by atoms with Crippen molar-refractivity contribution in [2.75, 3.05) is 5.32 Å². The van der Waals surface area contributed by atoms with E-state index in [2.05, 4.69) is 5.32 Å². The zero-order valence-corrected chi connectivity index (χ0v) is 16.2. The Kier molecular flexibility index (Phi) is 7.05. The number of aliphatic carboxylic acids is 1. The van der Waals surface area contributed by atoms with E-state index in [1.807, 2.05) is 0 Å². The van der Waals surface area contributed by atoms with Gasteiger partial charge in [0.1, 0.15) is 6.61 Å². The zero-order valence-electron chi connectivity index (χ0n) is 14.7. The van der Waals surface area contributed by atoms with E-state index in [1.165, 1.54) is 24.3 Å². The van der Waals surface area contributed by atoms with Gasteiger partial charge in [0.05, 0.1) is 22.2 Å². The van der Waals surface area contributed by atoms with E-state index < -0.39 is 11.8 Å². The maximum Gasteiger partial charge on any atom is 0.307 e. The zero-order chi connectivity index (χ0) is 20.1. The molecule has 2 aromatic carbocycles. The highest BCUT2D eigenvalue weighted by molar-refractivity contribution is 6.37. The van der Waals surface area contributed by atoms with Crippen LogP contribution in [-0.2, 0) is 22.6 Å². The lowest BCUT2D eigenvalue weighted by Crippen LogP contribution is -2.19. The van der Waals surface area contributed by atoms with Crippen LogP contribution < -0.4 is 10.1 Å². The summed E-state index contributed by atoms with van der Waals surface area (Å²) in [5.41, 5.74) is 0.691. The van der Waals surface area contributed by atoms with Gasteiger partial charge in [-0.15, -0.1) is 0 Å². The molecule has 0 aliphatic rings. The molecule has 0 saturated carbocycles. The first-order chi connectivity index (χ1) is 12.7. The first-order valence-corrected chi connectivity index (χ1v) is 8.85. The van der Waals surface area contributed by atoms with Gasteiger partial charge in [-0.2, -0.15) is 0 Å². The van der Waals surface area contributed by atoms with Crippen LogP contribution in [0.15, 0.2) is 30.3 Å². The van der Waals surface area contributed by atoms with Gasteiger partial charge < -0.3 is 15.2 Å². The second-order valence-corrected chi connectivity index (χ2v) is 6.98. The number of halogens is 3. The number of rotatable bonds is 7. The topological polar surface area (TPSA) is 75.6 Å². The van der Waals surface area contributed by atoms with Crippen LogP contribution >= 0.6 is 23.2 Å². The van der Waals surface area contributed by atoms with Gasteiger partial charge >= 0.3 is 5.97 Å². The highest BCUT2D eigenvalue weighted by Crippen LogP contribution is 2.35. The van der Waals surface area contributed by atoms with Gasteiger partial charge in [0.25, 0.3) is 0 Å². The second-order valence-electron chi connectivity index (χ2n) is 6.17. The molecule has 0 unspecified atom stereocenters. The first-order valence-electron chi connectivity index (χ1n) is 8.09. The number of nitrogens with one attached hydrogen (secondary N) is 1. The molecule has 1 amide bonds. The van der Waals surface area contributed by atoms with Gasteiger partial charge in [0.15, 0.2) is 11.6 Å². The molecule has 2 rings (SSSR count). The Hall–Kier alpha value is -2.31. The SMILES string of the molecule is CC(C)C(=O)Nc1cccc(COc2c(Cl)cc(CC(=O)O)cc2Cl)c1F. The van der Waals surface area contributed by atoms with Crippen molar-refractivity contribution >= 4 is 40.8 Å². The number of carbonyl (C=O) groups excluding carboxylic acids is 1. The summed E-state index contributed by atoms with van der Waals surface area (Å²) >= 11 is 12.2. The summed E-state index contributed by atoms with van der Waals surface area (Å²) in [5.74, 6) is -2.08. The minimum absolute atomic E-state index is 0.0591. The van der Waals surface area contributed by atoms with E-state index in [-0.39, 0.29) is 51.9 Å². The molecule has 0 heterocycles. The molecule has 144 valence electrons. The van der Waals surface area contributed by atoms with Gasteiger partial charge in [-0.25, -0.2) is 4.39 Å². The van der Waals surface area contributed by atoms with E-state index in [0.717, 1.165) is 0 Å². The van der Waals surface area contributed by atoms with E-state index in [4.69, 9.17) is 33.0 Å². The average Bonchev–Trinajstić information content (AvgIpc) is 2.56. The predicted octanol–water partition coefficient (Wildman–Crippen LogP) is 4.93. The monoisotopic (exact) mass is 413 g/mol. The quantitative estimate of drug-likeness (QED) is 0.674. The van der Waals surface area contributed by atoms with Gasteiger partial charge in [-0.05, 0) is 23.8 Å². The summed E-state index contributed by atoms with van der Waals surface area (Å²) in [5, 5.41) is 11.6. The van der Waals surface area contributed by atoms with Crippen molar-refractivity contribution in [2.45, 2.75) is 26.9 Å². The molecule has 0 fully saturated rings. The van der Waals surface area contributed by atoms with Crippen LogP contribution in [-0.4, -0.2) is 17.0 Å². The molecular weight excluding hydrogens is 396 g/mol. The van der Waals surface area contributed by atoms with Gasteiger partial charge in [-0.1, -0.05) is 49.2 Å². The van der Waals surface area contributed by atoms with Gasteiger partial charge in [0, 0.05) is 11.5 Å². The Labute approximate surface area is 166 Å². The highest BCUT2D eigenvalue weighted by Gasteiger charge is 2.16. The fourth-order valence-electron chi connectivity index (χ4n) is 2.24. The lowest BCUT2D eigenvalue weighted by molar-refractivity contribution is -0.136. The molecule has 0 saturated heterocycles. The molecule has 2 N–H and O–H groups in total. The van der Waals surface area contributed by atoms with Crippen molar-refractivity contribution in [1.29, 1.82) is 0 Å². The number of anilines is 1. The number of amides is 1. The average molecular weight is 414 g/mol. The summed E-state index contributed by atoms with van der Waals surface area (Å²) in [6.07, 6.45) is -0.230. The van der Waals surface area contributed by atoms with Crippen LogP contribution in [0, 0.1) is 11.7 Å². The van der Waals surface area contributed by atoms with Gasteiger partial charge in [-0.3, -0.25) is 9.59 Å². The fraction of sp³-hybridized carbons (Fsp3) is 0.263. The molecule has 8 heteroatoms. The number of carboxylic acids is 1. The van der Waals surface area contributed by atoms with Crippen molar-refractivity contribution in [3.8, 4) is 5.75 Å². The number of carbonyl (C=O) groups is 2. The third kappa shape index (κ3) is 5.58. The number of carboxylic acid groups (broad SMARTS) is 1. The van der Waals surface area contributed by atoms with Crippen LogP contribution in [0.1, 0.15) is 25.0 Å². The summed E-state index contributed by atoms with van der Waals surface area (Å²) < 4.78 is 20.1. The largest absolute Gasteiger partial charge is 0.486 e. The van der Waals surface area contributed by atoms with Gasteiger partial charge in [0.2, 0.25) is 5.91 Å². The molecule has 5 nitrogen and oxygen atoms in total. The van der Waals surface area contributed by atoms with Crippen molar-refractivity contribution in [3.63, 3.8) is 0 Å². The van der Waals surface area contributed by atoms with E-state index >= 15 is 0 Å². The van der Waals surface area contributed by atoms with Crippen LogP contribution in [0.3, 0.4) is 0 Å². The summed E-state index contributed by atoms with van der Waals surface area (Å²) in [7, 11) is 0. The Morgan fingerprint density at radius 1 is 1.22 bits per heavy atom.